The summed E-state index contributed by atoms with van der Waals surface area (Å²) in [5.41, 5.74) is 0. The maximum Gasteiger partial charge on any atom is 0.217 e. The Labute approximate surface area is 75.6 Å². The highest BCUT2D eigenvalue weighted by atomic mass is 16.1. The number of carbonyl (C=O) groups excluding carboxylic acids is 1. The van der Waals surface area contributed by atoms with Crippen LogP contribution in [-0.4, -0.2) is 36.5 Å². The highest BCUT2D eigenvalue weighted by Crippen LogP contribution is 2.09. The molecule has 1 N–H and O–H groups in total. The summed E-state index contributed by atoms with van der Waals surface area (Å²) in [6.45, 7) is 7.15. The van der Waals surface area contributed by atoms with E-state index in [2.05, 4.69) is 17.1 Å². The van der Waals surface area contributed by atoms with Crippen molar-refractivity contribution in [1.82, 2.24) is 10.2 Å². The number of likely N-dealkylation sites (tertiary alicyclic amines) is 1. The van der Waals surface area contributed by atoms with Crippen LogP contribution in [0.4, 0.5) is 0 Å². The zero-order valence-corrected chi connectivity index (χ0v) is 7.97. The normalized spacial score (nSPS) is 20.8. The van der Waals surface area contributed by atoms with E-state index in [1.54, 1.807) is 6.92 Å². The Hall–Kier alpha value is -0.570. The summed E-state index contributed by atoms with van der Waals surface area (Å²) in [4.78, 5) is 13.2. The summed E-state index contributed by atoms with van der Waals surface area (Å²) in [5, 5.41) is 2.96. The van der Waals surface area contributed by atoms with Crippen molar-refractivity contribution in [1.29, 1.82) is 0 Å². The number of piperidine rings is 1. The molecule has 3 heteroatoms. The van der Waals surface area contributed by atoms with Crippen LogP contribution in [-0.2, 0) is 4.79 Å². The summed E-state index contributed by atoms with van der Waals surface area (Å²) >= 11 is 0. The maximum absolute atomic E-state index is 10.7. The van der Waals surface area contributed by atoms with Gasteiger partial charge in [-0.1, -0.05) is 6.92 Å². The van der Waals surface area contributed by atoms with E-state index in [4.69, 9.17) is 0 Å². The van der Waals surface area contributed by atoms with Crippen LogP contribution in [0.5, 0.6) is 0 Å². The summed E-state index contributed by atoms with van der Waals surface area (Å²) < 4.78 is 0. The number of nitrogens with one attached hydrogen (secondary N) is 1. The van der Waals surface area contributed by atoms with Crippen LogP contribution in [0.2, 0.25) is 0 Å². The maximum atomic E-state index is 10.7. The van der Waals surface area contributed by atoms with Crippen LogP contribution in [0.15, 0.2) is 0 Å². The lowest BCUT2D eigenvalue weighted by atomic mass is 10.1. The molecule has 0 bridgehead atoms. The van der Waals surface area contributed by atoms with Crippen molar-refractivity contribution in [2.75, 3.05) is 19.6 Å². The first-order valence-corrected chi connectivity index (χ1v) is 4.72. The Morgan fingerprint density at radius 1 is 1.58 bits per heavy atom. The third kappa shape index (κ3) is 2.81. The molecule has 1 rings (SSSR count). The van der Waals surface area contributed by atoms with Crippen molar-refractivity contribution in [2.24, 2.45) is 0 Å². The Morgan fingerprint density at radius 2 is 2.17 bits per heavy atom. The van der Waals surface area contributed by atoms with Crippen molar-refractivity contribution in [2.45, 2.75) is 32.7 Å². The number of hydrogen-bond donors (Lipinski definition) is 1. The minimum absolute atomic E-state index is 0. The molecule has 0 saturated carbocycles. The van der Waals surface area contributed by atoms with Gasteiger partial charge in [0.1, 0.15) is 0 Å². The van der Waals surface area contributed by atoms with Gasteiger partial charge in [0, 0.05) is 27.5 Å². The largest absolute Gasteiger partial charge is 0.354 e. The van der Waals surface area contributed by atoms with E-state index in [0.717, 1.165) is 32.5 Å². The fourth-order valence-electron chi connectivity index (χ4n) is 1.68. The summed E-state index contributed by atoms with van der Waals surface area (Å²) in [6.07, 6.45) is 2.21. The van der Waals surface area contributed by atoms with E-state index in [1.807, 2.05) is 0 Å². The van der Waals surface area contributed by atoms with Crippen molar-refractivity contribution in [3.05, 3.63) is 0 Å². The molecule has 1 amide bonds. The Morgan fingerprint density at radius 3 is 2.58 bits per heavy atom. The van der Waals surface area contributed by atoms with Gasteiger partial charge >= 0.3 is 0 Å². The van der Waals surface area contributed by atoms with Crippen LogP contribution in [0.25, 0.3) is 0 Å². The Bertz CT molecular complexity index is 156. The van der Waals surface area contributed by atoms with E-state index in [0.29, 0.717) is 6.04 Å². The topological polar surface area (TPSA) is 32.3 Å². The molecule has 1 aliphatic rings. The van der Waals surface area contributed by atoms with Gasteiger partial charge in [-0.2, -0.15) is 0 Å². The molecule has 1 fully saturated rings. The van der Waals surface area contributed by atoms with Crippen molar-refractivity contribution >= 4 is 5.91 Å². The molecule has 0 aromatic carbocycles. The molecular weight excluding hydrogens is 152 g/mol. The molecule has 0 aromatic heterocycles. The Balaban J connectivity index is 0.00000144. The second-order valence-corrected chi connectivity index (χ2v) is 3.41. The number of amides is 1. The first-order valence-electron chi connectivity index (χ1n) is 4.72. The van der Waals surface area contributed by atoms with Crippen molar-refractivity contribution in [3.63, 3.8) is 0 Å². The van der Waals surface area contributed by atoms with E-state index in [1.165, 1.54) is 0 Å². The van der Waals surface area contributed by atoms with Crippen LogP contribution in [0, 0.1) is 0 Å². The fraction of sp³-hybridized carbons (Fsp3) is 0.889. The highest BCUT2D eigenvalue weighted by Gasteiger charge is 2.17. The third-order valence-corrected chi connectivity index (χ3v) is 2.44. The molecule has 0 aromatic rings. The second-order valence-electron chi connectivity index (χ2n) is 3.41. The lowest BCUT2D eigenvalue weighted by Gasteiger charge is -2.31. The van der Waals surface area contributed by atoms with Crippen molar-refractivity contribution in [3.8, 4) is 0 Å². The van der Waals surface area contributed by atoms with E-state index >= 15 is 0 Å². The van der Waals surface area contributed by atoms with Gasteiger partial charge in [-0.3, -0.25) is 4.79 Å². The fourth-order valence-corrected chi connectivity index (χ4v) is 1.68. The van der Waals surface area contributed by atoms with Gasteiger partial charge < -0.3 is 10.2 Å². The number of hydrogen-bond acceptors (Lipinski definition) is 2. The first-order chi connectivity index (χ1) is 5.72. The minimum Gasteiger partial charge on any atom is -0.354 e. The van der Waals surface area contributed by atoms with E-state index < -0.39 is 0 Å². The Kier molecular flexibility index (Phi) is 3.53. The molecule has 1 heterocycles. The van der Waals surface area contributed by atoms with Crippen LogP contribution >= 0.6 is 0 Å². The van der Waals surface area contributed by atoms with Gasteiger partial charge in [-0.25, -0.2) is 0 Å². The monoisotopic (exact) mass is 172 g/mol. The molecule has 0 atom stereocenters. The molecule has 0 spiro atoms. The highest BCUT2D eigenvalue weighted by molar-refractivity contribution is 5.73. The molecule has 12 heavy (non-hydrogen) atoms. The smallest absolute Gasteiger partial charge is 0.217 e. The molecule has 1 saturated heterocycles. The molecule has 1 aliphatic heterocycles. The predicted octanol–water partition coefficient (Wildman–Crippen LogP) is 0.853. The van der Waals surface area contributed by atoms with E-state index in [-0.39, 0.29) is 7.33 Å². The standard InChI is InChI=1S/C9H18N2O.H2/c1-3-11-6-4-9(5-7-11)10-8(2)12;/h9H,3-7H2,1-2H3,(H,10,12);1H. The predicted molar refractivity (Wildman–Crippen MR) is 51.1 cm³/mol. The number of nitrogens with zero attached hydrogens (tertiary/aromatic N) is 1. The van der Waals surface area contributed by atoms with Gasteiger partial charge in [0.15, 0.2) is 0 Å². The summed E-state index contributed by atoms with van der Waals surface area (Å²) in [7, 11) is 0. The van der Waals surface area contributed by atoms with E-state index in [9.17, 15) is 4.79 Å². The zero-order chi connectivity index (χ0) is 8.97. The number of rotatable bonds is 2. The lowest BCUT2D eigenvalue weighted by molar-refractivity contribution is -0.119. The zero-order valence-electron chi connectivity index (χ0n) is 7.97. The first kappa shape index (κ1) is 9.52. The molecular formula is C9H20N2O. The molecule has 72 valence electrons. The van der Waals surface area contributed by atoms with Crippen LogP contribution in [0.1, 0.15) is 28.1 Å². The molecule has 0 unspecified atom stereocenters. The van der Waals surface area contributed by atoms with Gasteiger partial charge in [0.05, 0.1) is 0 Å². The molecule has 3 nitrogen and oxygen atoms in total. The second kappa shape index (κ2) is 4.45. The van der Waals surface area contributed by atoms with Gasteiger partial charge in [-0.15, -0.1) is 0 Å². The van der Waals surface area contributed by atoms with Crippen LogP contribution in [0.3, 0.4) is 0 Å². The third-order valence-electron chi connectivity index (χ3n) is 2.44. The average Bonchev–Trinajstić information content (AvgIpc) is 2.05. The number of carbonyl (C=O) groups is 1. The van der Waals surface area contributed by atoms with Gasteiger partial charge in [-0.05, 0) is 19.4 Å². The van der Waals surface area contributed by atoms with Gasteiger partial charge in [0.25, 0.3) is 0 Å². The van der Waals surface area contributed by atoms with Crippen LogP contribution < -0.4 is 5.32 Å². The van der Waals surface area contributed by atoms with Crippen molar-refractivity contribution < 1.29 is 6.22 Å². The lowest BCUT2D eigenvalue weighted by Crippen LogP contribution is -2.43. The molecule has 0 radical (unpaired) electrons. The SMILES string of the molecule is CCN1CCC(NC(C)=O)CC1.[HH]. The minimum atomic E-state index is 0. The average molecular weight is 172 g/mol. The molecule has 0 aliphatic carbocycles. The van der Waals surface area contributed by atoms with Gasteiger partial charge in [0.2, 0.25) is 5.91 Å². The summed E-state index contributed by atoms with van der Waals surface area (Å²) in [6, 6.07) is 0.422. The quantitative estimate of drug-likeness (QED) is 0.670. The summed E-state index contributed by atoms with van der Waals surface area (Å²) in [5.74, 6) is 0.102.